The van der Waals surface area contributed by atoms with Crippen molar-refractivity contribution in [1.82, 2.24) is 0 Å². The van der Waals surface area contributed by atoms with Crippen molar-refractivity contribution in [3.63, 3.8) is 0 Å². The van der Waals surface area contributed by atoms with Gasteiger partial charge in [0.05, 0.1) is 0 Å². The predicted octanol–water partition coefficient (Wildman–Crippen LogP) is -1.07. The van der Waals surface area contributed by atoms with Crippen LogP contribution in [0.5, 0.6) is 0 Å². The number of allylic oxidation sites excluding steroid dienone is 1. The maximum absolute atomic E-state index is 10.8. The van der Waals surface area contributed by atoms with E-state index in [1.165, 1.54) is 0 Å². The van der Waals surface area contributed by atoms with Gasteiger partial charge in [0.1, 0.15) is 10.5 Å². The number of carbonyl (C=O) groups excluding carboxylic acids is 1. The third kappa shape index (κ3) is 4.32. The van der Waals surface area contributed by atoms with E-state index in [1.54, 1.807) is 6.92 Å². The fourth-order valence-corrected chi connectivity index (χ4v) is 1.84. The summed E-state index contributed by atoms with van der Waals surface area (Å²) in [5, 5.41) is 0. The number of hydrogen-bond acceptors (Lipinski definition) is 2. The Morgan fingerprint density at radius 3 is 2.78 bits per heavy atom. The summed E-state index contributed by atoms with van der Waals surface area (Å²) < 4.78 is 4.98. The van der Waals surface area contributed by atoms with Gasteiger partial charge in [-0.15, -0.1) is 0 Å². The Labute approximate surface area is 60.8 Å². The molecule has 0 aliphatic heterocycles. The van der Waals surface area contributed by atoms with Crippen LogP contribution in [0.15, 0.2) is 12.2 Å². The molecule has 0 aromatic rings. The van der Waals surface area contributed by atoms with Gasteiger partial charge in [-0.2, -0.15) is 0 Å². The minimum absolute atomic E-state index is 0.164. The third-order valence-corrected chi connectivity index (χ3v) is 3.30. The normalized spacial score (nSPS) is 10.8. The van der Waals surface area contributed by atoms with E-state index in [0.29, 0.717) is 11.6 Å². The van der Waals surface area contributed by atoms with E-state index in [2.05, 4.69) is 6.58 Å². The van der Waals surface area contributed by atoms with Gasteiger partial charge >= 0.3 is 0 Å². The molecule has 0 aliphatic rings. The summed E-state index contributed by atoms with van der Waals surface area (Å²) in [6.07, 6.45) is 0. The van der Waals surface area contributed by atoms with Crippen LogP contribution in [0.1, 0.15) is 6.92 Å². The monoisotopic (exact) mass is 160 g/mol. The first kappa shape index (κ1) is 8.80. The van der Waals surface area contributed by atoms with E-state index in [-0.39, 0.29) is 5.78 Å². The second kappa shape index (κ2) is 4.66. The van der Waals surface area contributed by atoms with Gasteiger partial charge in [0.2, 0.25) is 0 Å². The molecule has 9 heavy (non-hydrogen) atoms. The van der Waals surface area contributed by atoms with Gasteiger partial charge in [0.25, 0.3) is 0 Å². The highest BCUT2D eigenvalue weighted by Crippen LogP contribution is 1.93. The van der Waals surface area contributed by atoms with Crippen molar-refractivity contribution < 1.29 is 8.91 Å². The quantitative estimate of drug-likeness (QED) is 0.387. The topological polar surface area (TPSA) is 26.3 Å². The highest BCUT2D eigenvalue weighted by Gasteiger charge is 1.99. The average molecular weight is 160 g/mol. The Morgan fingerprint density at radius 2 is 2.44 bits per heavy atom. The lowest BCUT2D eigenvalue weighted by atomic mass is 10.2. The van der Waals surface area contributed by atoms with E-state index < -0.39 is 9.76 Å². The summed E-state index contributed by atoms with van der Waals surface area (Å²) in [5.74, 6) is 0.164. The Morgan fingerprint density at radius 1 is 1.89 bits per heavy atom. The Bertz CT molecular complexity index is 122. The summed E-state index contributed by atoms with van der Waals surface area (Å²) in [5.41, 5.74) is 0.654. The molecule has 0 fully saturated rings. The van der Waals surface area contributed by atoms with Gasteiger partial charge in [-0.3, -0.25) is 4.79 Å². The second-order valence-electron chi connectivity index (χ2n) is 1.95. The Hall–Kier alpha value is -0.196. The van der Waals surface area contributed by atoms with Gasteiger partial charge in [0, 0.05) is 6.04 Å². The molecule has 0 saturated carbocycles. The highest BCUT2D eigenvalue weighted by molar-refractivity contribution is 6.40. The minimum Gasteiger partial charge on any atom is -0.468 e. The molecular formula is C5H12O2Si2. The third-order valence-electron chi connectivity index (χ3n) is 1.01. The first-order valence-corrected chi connectivity index (χ1v) is 5.25. The molecule has 0 spiro atoms. The lowest BCUT2D eigenvalue weighted by Crippen LogP contribution is -2.04. The molecule has 4 heteroatoms. The molecule has 0 N–H and O–H groups in total. The number of ketones is 1. The van der Waals surface area contributed by atoms with Crippen molar-refractivity contribution in [2.75, 3.05) is 0 Å². The molecule has 0 aliphatic carbocycles. The van der Waals surface area contributed by atoms with E-state index in [0.717, 1.165) is 10.5 Å². The van der Waals surface area contributed by atoms with Gasteiger partial charge in [-0.1, -0.05) is 6.58 Å². The Balaban J connectivity index is 3.39. The zero-order valence-corrected chi connectivity index (χ0v) is 9.35. The molecule has 0 heterocycles. The van der Waals surface area contributed by atoms with Crippen LogP contribution in [0, 0.1) is 0 Å². The van der Waals surface area contributed by atoms with E-state index >= 15 is 0 Å². The standard InChI is InChI=1S/C5H12O2Si2/c1-4(2)5(6)3-9-7-8/h1,3,9H2,2,8H3. The molecule has 0 rings (SSSR count). The van der Waals surface area contributed by atoms with Crippen LogP contribution < -0.4 is 0 Å². The smallest absolute Gasteiger partial charge is 0.157 e. The number of rotatable bonds is 4. The van der Waals surface area contributed by atoms with Crippen molar-refractivity contribution >= 4 is 26.0 Å². The molecule has 2 nitrogen and oxygen atoms in total. The SMILES string of the molecule is C=C(C)C(=O)C[SiH2]O[SiH3]. The van der Waals surface area contributed by atoms with Gasteiger partial charge in [-0.05, 0) is 12.5 Å². The van der Waals surface area contributed by atoms with Crippen molar-refractivity contribution in [3.05, 3.63) is 12.2 Å². The zero-order chi connectivity index (χ0) is 7.28. The van der Waals surface area contributed by atoms with E-state index in [1.807, 2.05) is 0 Å². The number of hydrogen-bond donors (Lipinski definition) is 0. The van der Waals surface area contributed by atoms with Crippen LogP contribution >= 0.6 is 0 Å². The first-order valence-electron chi connectivity index (χ1n) is 2.86. The van der Waals surface area contributed by atoms with Crippen LogP contribution in [0.3, 0.4) is 0 Å². The molecular weight excluding hydrogens is 148 g/mol. The van der Waals surface area contributed by atoms with Crippen LogP contribution in [-0.2, 0) is 8.91 Å². The summed E-state index contributed by atoms with van der Waals surface area (Å²) >= 11 is 0. The molecule has 0 unspecified atom stereocenters. The maximum atomic E-state index is 10.8. The zero-order valence-electron chi connectivity index (χ0n) is 5.94. The van der Waals surface area contributed by atoms with Crippen LogP contribution in [0.25, 0.3) is 0 Å². The van der Waals surface area contributed by atoms with Gasteiger partial charge in [-0.25, -0.2) is 0 Å². The van der Waals surface area contributed by atoms with Gasteiger partial charge < -0.3 is 4.12 Å². The van der Waals surface area contributed by atoms with Crippen molar-refractivity contribution in [1.29, 1.82) is 0 Å². The number of Topliss-reactive ketones (excluding diaryl/α,β-unsaturated/α-hetero) is 1. The summed E-state index contributed by atoms with van der Waals surface area (Å²) in [6.45, 7) is 5.28. The van der Waals surface area contributed by atoms with Crippen molar-refractivity contribution in [2.45, 2.75) is 13.0 Å². The van der Waals surface area contributed by atoms with Crippen LogP contribution in [-0.4, -0.2) is 26.0 Å². The average Bonchev–Trinajstić information content (AvgIpc) is 1.82. The summed E-state index contributed by atoms with van der Waals surface area (Å²) in [4.78, 5) is 10.8. The van der Waals surface area contributed by atoms with Crippen LogP contribution in [0.4, 0.5) is 0 Å². The first-order chi connectivity index (χ1) is 4.18. The maximum Gasteiger partial charge on any atom is 0.157 e. The van der Waals surface area contributed by atoms with Crippen LogP contribution in [0.2, 0.25) is 6.04 Å². The molecule has 0 aromatic heterocycles. The van der Waals surface area contributed by atoms with Crippen molar-refractivity contribution in [3.8, 4) is 0 Å². The largest absolute Gasteiger partial charge is 0.468 e. The molecule has 0 saturated heterocycles. The lowest BCUT2D eigenvalue weighted by Gasteiger charge is -1.95. The molecule has 0 atom stereocenters. The highest BCUT2D eigenvalue weighted by atomic mass is 28.3. The molecule has 0 bridgehead atoms. The summed E-state index contributed by atoms with van der Waals surface area (Å²) in [6, 6.07) is 0.624. The molecule has 0 amide bonds. The fraction of sp³-hybridized carbons (Fsp3) is 0.400. The Kier molecular flexibility index (Phi) is 4.56. The number of carbonyl (C=O) groups is 1. The minimum atomic E-state index is -0.517. The van der Waals surface area contributed by atoms with E-state index in [4.69, 9.17) is 4.12 Å². The van der Waals surface area contributed by atoms with E-state index in [9.17, 15) is 4.79 Å². The van der Waals surface area contributed by atoms with Gasteiger partial charge in [0.15, 0.2) is 15.5 Å². The lowest BCUT2D eigenvalue weighted by molar-refractivity contribution is -0.113. The molecule has 0 aromatic carbocycles. The predicted molar refractivity (Wildman–Crippen MR) is 44.2 cm³/mol. The molecule has 0 radical (unpaired) electrons. The fourth-order valence-electron chi connectivity index (χ4n) is 0.408. The second-order valence-corrected chi connectivity index (χ2v) is 5.16. The summed E-state index contributed by atoms with van der Waals surface area (Å²) in [7, 11) is 0.253. The molecule has 52 valence electrons. The van der Waals surface area contributed by atoms with Crippen molar-refractivity contribution in [2.24, 2.45) is 0 Å².